The number of nitrogens with zero attached hydrogens (tertiary/aromatic N) is 1. The fourth-order valence-electron chi connectivity index (χ4n) is 1.77. The Labute approximate surface area is 122 Å². The molecule has 0 bridgehead atoms. The van der Waals surface area contributed by atoms with Gasteiger partial charge in [0.2, 0.25) is 0 Å². The second-order valence-corrected chi connectivity index (χ2v) is 5.40. The molecule has 0 aromatic heterocycles. The maximum absolute atomic E-state index is 11.8. The van der Waals surface area contributed by atoms with Gasteiger partial charge in [0.05, 0.1) is 10.5 Å². The zero-order valence-corrected chi connectivity index (χ0v) is 12.0. The molecular formula is C13H10BrNO5. The Balaban J connectivity index is 2.51. The van der Waals surface area contributed by atoms with Gasteiger partial charge in [-0.3, -0.25) is 10.1 Å². The van der Waals surface area contributed by atoms with Crippen molar-refractivity contribution in [2.75, 3.05) is 0 Å². The number of non-ortho nitro benzene ring substituents is 1. The largest absolute Gasteiger partial charge is 0.507 e. The molecular weight excluding hydrogens is 330 g/mol. The summed E-state index contributed by atoms with van der Waals surface area (Å²) in [5, 5.41) is 21.0. The van der Waals surface area contributed by atoms with Crippen LogP contribution in [0.25, 0.3) is 10.8 Å². The lowest BCUT2D eigenvalue weighted by molar-refractivity contribution is -0.384. The van der Waals surface area contributed by atoms with Crippen molar-refractivity contribution in [2.45, 2.75) is 11.9 Å². The molecule has 0 saturated carbocycles. The summed E-state index contributed by atoms with van der Waals surface area (Å²) in [5.41, 5.74) is 0.0485. The van der Waals surface area contributed by atoms with Crippen LogP contribution < -0.4 is 0 Å². The number of phenolic OH excluding ortho intramolecular Hbond substituents is 1. The molecule has 0 aliphatic heterocycles. The maximum atomic E-state index is 11.8. The molecule has 0 spiro atoms. The van der Waals surface area contributed by atoms with Gasteiger partial charge in [0.1, 0.15) is 5.75 Å². The van der Waals surface area contributed by atoms with E-state index >= 15 is 0 Å². The van der Waals surface area contributed by atoms with Gasteiger partial charge in [-0.15, -0.1) is 0 Å². The number of halogens is 1. The lowest BCUT2D eigenvalue weighted by Crippen LogP contribution is -2.09. The van der Waals surface area contributed by atoms with Crippen molar-refractivity contribution in [3.63, 3.8) is 0 Å². The molecule has 1 atom stereocenters. The van der Waals surface area contributed by atoms with E-state index in [1.807, 2.05) is 0 Å². The van der Waals surface area contributed by atoms with Gasteiger partial charge in [-0.05, 0) is 46.4 Å². The molecule has 0 fully saturated rings. The number of nitro benzene ring substituents is 1. The van der Waals surface area contributed by atoms with Crippen LogP contribution in [-0.2, 0) is 4.74 Å². The molecule has 0 aliphatic rings. The average Bonchev–Trinajstić information content (AvgIpc) is 2.37. The quantitative estimate of drug-likeness (QED) is 0.401. The molecule has 7 heteroatoms. The fourth-order valence-corrected chi connectivity index (χ4v) is 1.94. The van der Waals surface area contributed by atoms with Gasteiger partial charge in [0.25, 0.3) is 5.69 Å². The first-order valence-electron chi connectivity index (χ1n) is 5.64. The predicted octanol–water partition coefficient (Wildman–Crippen LogP) is 3.35. The number of rotatable bonds is 3. The Morgan fingerprint density at radius 1 is 1.40 bits per heavy atom. The molecule has 6 nitrogen and oxygen atoms in total. The number of carbonyl (C=O) groups is 1. The number of nitro groups is 1. The third-order valence-electron chi connectivity index (χ3n) is 2.63. The lowest BCUT2D eigenvalue weighted by atomic mass is 10.1. The van der Waals surface area contributed by atoms with Crippen LogP contribution in [-0.4, -0.2) is 21.0 Å². The summed E-state index contributed by atoms with van der Waals surface area (Å²) < 4.78 is 4.96. The van der Waals surface area contributed by atoms with Gasteiger partial charge in [-0.1, -0.05) is 0 Å². The second kappa shape index (κ2) is 5.46. The monoisotopic (exact) mass is 339 g/mol. The van der Waals surface area contributed by atoms with Crippen LogP contribution in [0.15, 0.2) is 30.3 Å². The molecule has 2 aromatic carbocycles. The van der Waals surface area contributed by atoms with E-state index in [1.54, 1.807) is 6.92 Å². The summed E-state index contributed by atoms with van der Waals surface area (Å²) in [6.45, 7) is 1.64. The van der Waals surface area contributed by atoms with Crippen LogP contribution in [0, 0.1) is 10.1 Å². The highest BCUT2D eigenvalue weighted by Crippen LogP contribution is 2.30. The summed E-state index contributed by atoms with van der Waals surface area (Å²) in [5.74, 6) is -0.801. The lowest BCUT2D eigenvalue weighted by Gasteiger charge is -2.08. The van der Waals surface area contributed by atoms with Crippen molar-refractivity contribution in [1.29, 1.82) is 0 Å². The number of fused-ring (bicyclic) bond motifs is 1. The van der Waals surface area contributed by atoms with E-state index < -0.39 is 15.9 Å². The average molecular weight is 340 g/mol. The van der Waals surface area contributed by atoms with Crippen LogP contribution >= 0.6 is 15.9 Å². The first-order valence-corrected chi connectivity index (χ1v) is 6.56. The third kappa shape index (κ3) is 2.88. The van der Waals surface area contributed by atoms with Crippen LogP contribution in [0.1, 0.15) is 17.3 Å². The third-order valence-corrected chi connectivity index (χ3v) is 2.82. The minimum atomic E-state index is -0.593. The first-order chi connectivity index (χ1) is 9.38. The highest BCUT2D eigenvalue weighted by Gasteiger charge is 2.15. The number of phenols is 1. The van der Waals surface area contributed by atoms with Gasteiger partial charge in [0.15, 0.2) is 5.01 Å². The number of hydrogen-bond acceptors (Lipinski definition) is 5. The zero-order valence-electron chi connectivity index (χ0n) is 10.4. The van der Waals surface area contributed by atoms with E-state index in [0.29, 0.717) is 10.8 Å². The van der Waals surface area contributed by atoms with Crippen LogP contribution in [0.2, 0.25) is 0 Å². The van der Waals surface area contributed by atoms with Gasteiger partial charge in [-0.25, -0.2) is 4.79 Å². The number of hydrogen-bond donors (Lipinski definition) is 1. The van der Waals surface area contributed by atoms with Crippen molar-refractivity contribution >= 4 is 38.4 Å². The predicted molar refractivity (Wildman–Crippen MR) is 76.1 cm³/mol. The molecule has 2 rings (SSSR count). The maximum Gasteiger partial charge on any atom is 0.339 e. The van der Waals surface area contributed by atoms with Crippen molar-refractivity contribution in [3.05, 3.63) is 46.0 Å². The van der Waals surface area contributed by atoms with E-state index in [4.69, 9.17) is 4.74 Å². The molecule has 2 aromatic rings. The van der Waals surface area contributed by atoms with E-state index in [1.165, 1.54) is 30.3 Å². The van der Waals surface area contributed by atoms with Gasteiger partial charge < -0.3 is 9.84 Å². The van der Waals surface area contributed by atoms with E-state index in [9.17, 15) is 20.0 Å². The van der Waals surface area contributed by atoms with E-state index in [0.717, 1.165) is 0 Å². The summed E-state index contributed by atoms with van der Waals surface area (Å²) in [4.78, 5) is 21.9. The molecule has 0 amide bonds. The van der Waals surface area contributed by atoms with Gasteiger partial charge in [-0.2, -0.15) is 0 Å². The highest BCUT2D eigenvalue weighted by atomic mass is 79.9. The van der Waals surface area contributed by atoms with Crippen molar-refractivity contribution in [2.24, 2.45) is 0 Å². The Hall–Kier alpha value is -2.15. The summed E-state index contributed by atoms with van der Waals surface area (Å²) in [6.07, 6.45) is 0. The number of alkyl halides is 1. The van der Waals surface area contributed by atoms with E-state index in [-0.39, 0.29) is 17.0 Å². The van der Waals surface area contributed by atoms with Crippen molar-refractivity contribution < 1.29 is 19.6 Å². The Bertz CT molecular complexity index is 698. The number of esters is 1. The minimum absolute atomic E-state index is 0.128. The summed E-state index contributed by atoms with van der Waals surface area (Å²) in [6, 6.07) is 6.78. The smallest absolute Gasteiger partial charge is 0.339 e. The van der Waals surface area contributed by atoms with Crippen molar-refractivity contribution in [3.8, 4) is 5.75 Å². The highest BCUT2D eigenvalue weighted by molar-refractivity contribution is 9.09. The Morgan fingerprint density at radius 2 is 2.10 bits per heavy atom. The molecule has 0 radical (unpaired) electrons. The molecule has 0 heterocycles. The number of ether oxygens (including phenoxy) is 1. The second-order valence-electron chi connectivity index (χ2n) is 4.11. The Kier molecular flexibility index (Phi) is 3.89. The van der Waals surface area contributed by atoms with Gasteiger partial charge >= 0.3 is 5.97 Å². The van der Waals surface area contributed by atoms with Gasteiger partial charge in [0, 0.05) is 17.5 Å². The molecule has 104 valence electrons. The molecule has 0 aliphatic carbocycles. The number of carbonyl (C=O) groups excluding carboxylic acids is 1. The topological polar surface area (TPSA) is 89.7 Å². The van der Waals surface area contributed by atoms with E-state index in [2.05, 4.69) is 15.9 Å². The number of benzene rings is 2. The molecule has 20 heavy (non-hydrogen) atoms. The standard InChI is InChI=1S/C13H10BrNO5/c1-7(14)20-13(17)9-4-8-2-3-10(15(18)19)6-11(8)12(16)5-9/h2-7,16H,1H3. The SMILES string of the molecule is CC(Br)OC(=O)c1cc(O)c2cc([N+](=O)[O-])ccc2c1. The first kappa shape index (κ1) is 14.3. The van der Waals surface area contributed by atoms with Crippen LogP contribution in [0.4, 0.5) is 5.69 Å². The molecule has 1 unspecified atom stereocenters. The summed E-state index contributed by atoms with van der Waals surface area (Å²) >= 11 is 3.09. The van der Waals surface area contributed by atoms with Crippen molar-refractivity contribution in [1.82, 2.24) is 0 Å². The summed E-state index contributed by atoms with van der Waals surface area (Å²) in [7, 11) is 0. The number of aromatic hydroxyl groups is 1. The molecule has 1 N–H and O–H groups in total. The van der Waals surface area contributed by atoms with Crippen LogP contribution in [0.5, 0.6) is 5.75 Å². The minimum Gasteiger partial charge on any atom is -0.507 e. The zero-order chi connectivity index (χ0) is 14.9. The molecule has 0 saturated heterocycles. The Morgan fingerprint density at radius 3 is 2.70 bits per heavy atom. The van der Waals surface area contributed by atoms with Crippen LogP contribution in [0.3, 0.4) is 0 Å². The fraction of sp³-hybridized carbons (Fsp3) is 0.154. The normalized spacial score (nSPS) is 12.1.